The minimum absolute atomic E-state index is 9.17. The molecule has 0 aliphatic carbocycles. The molecule has 0 bridgehead atoms. The van der Waals surface area contributed by atoms with Gasteiger partial charge in [-0.05, 0) is 0 Å². The van der Waals surface area contributed by atoms with Crippen molar-refractivity contribution in [2.24, 2.45) is 0 Å². The van der Waals surface area contributed by atoms with Gasteiger partial charge in [-0.2, -0.15) is 105 Å². The molecule has 0 aromatic carbocycles. The fourth-order valence-corrected chi connectivity index (χ4v) is 5.81. The van der Waals surface area contributed by atoms with E-state index in [-0.39, 0.29) is 0 Å². The van der Waals surface area contributed by atoms with Gasteiger partial charge >= 0.3 is 71.1 Å². The van der Waals surface area contributed by atoms with Crippen LogP contribution in [0, 0.1) is 0 Å². The third kappa shape index (κ3) is 4.48. The van der Waals surface area contributed by atoms with Crippen molar-refractivity contribution in [3.63, 3.8) is 0 Å². The second kappa shape index (κ2) is 9.17. The van der Waals surface area contributed by atoms with Crippen LogP contribution in [0.4, 0.5) is 119 Å². The molecule has 0 aliphatic rings. The average molecular weight is 704 g/mol. The Bertz CT molecular complexity index is 839. The van der Waals surface area contributed by atoms with Crippen molar-refractivity contribution < 1.29 is 123 Å². The standard InChI is InChI=1S/C12F27OP/c13-1(4(16,17)18,5(19,20)21)10(34,35)41(40,11(36,37)2(14,6(22,23)24)7(25,26)27)12(38,39)3(15,8(28,29)30)9(31,32)33. The Morgan fingerprint density at radius 2 is 0.341 bits per heavy atom. The van der Waals surface area contributed by atoms with Gasteiger partial charge in [-0.3, -0.25) is 0 Å². The summed E-state index contributed by atoms with van der Waals surface area (Å²) in [5, 5.41) is 0. The number of rotatable bonds is 6. The number of hydrogen-bond acceptors (Lipinski definition) is 1. The molecule has 0 aliphatic heterocycles. The molecule has 0 N–H and O–H groups in total. The lowest BCUT2D eigenvalue weighted by molar-refractivity contribution is -0.398. The van der Waals surface area contributed by atoms with E-state index < -0.39 is 78.2 Å². The van der Waals surface area contributed by atoms with Crippen molar-refractivity contribution in [1.82, 2.24) is 0 Å². The smallest absolute Gasteiger partial charge is 0.304 e. The minimum atomic E-state index is -12.7. The van der Waals surface area contributed by atoms with Crippen LogP contribution in [0.2, 0.25) is 0 Å². The summed E-state index contributed by atoms with van der Waals surface area (Å²) < 4.78 is 367. The van der Waals surface area contributed by atoms with Gasteiger partial charge < -0.3 is 4.57 Å². The lowest BCUT2D eigenvalue weighted by Crippen LogP contribution is -2.74. The second-order valence-electron chi connectivity index (χ2n) is 7.19. The Balaban J connectivity index is 9.17. The summed E-state index contributed by atoms with van der Waals surface area (Å²) in [6.07, 6.45) is -55.0. The first-order chi connectivity index (χ1) is 17.0. The van der Waals surface area contributed by atoms with E-state index in [1.54, 1.807) is 0 Å². The average Bonchev–Trinajstić information content (AvgIpc) is 2.64. The van der Waals surface area contributed by atoms with Crippen molar-refractivity contribution in [3.8, 4) is 0 Å². The quantitative estimate of drug-likeness (QED) is 0.199. The molecule has 29 heteroatoms. The van der Waals surface area contributed by atoms with Gasteiger partial charge in [0.1, 0.15) is 0 Å². The van der Waals surface area contributed by atoms with Gasteiger partial charge in [-0.15, -0.1) is 0 Å². The number of halogens is 27. The molecule has 0 aromatic rings. The topological polar surface area (TPSA) is 17.1 Å². The zero-order valence-corrected chi connectivity index (χ0v) is 18.0. The molecule has 0 spiro atoms. The van der Waals surface area contributed by atoms with Crippen molar-refractivity contribution in [1.29, 1.82) is 0 Å². The third-order valence-electron chi connectivity index (χ3n) is 4.77. The highest BCUT2D eigenvalue weighted by Crippen LogP contribution is 2.89. The summed E-state index contributed by atoms with van der Waals surface area (Å²) in [5.41, 5.74) is -60.8. The molecule has 41 heavy (non-hydrogen) atoms. The van der Waals surface area contributed by atoms with E-state index in [4.69, 9.17) is 0 Å². The van der Waals surface area contributed by atoms with Crippen LogP contribution in [0.15, 0.2) is 0 Å². The zero-order chi connectivity index (χ0) is 34.5. The maximum absolute atomic E-state index is 14.3. The van der Waals surface area contributed by atoms with Crippen molar-refractivity contribution >= 4 is 7.14 Å². The molecule has 0 fully saturated rings. The van der Waals surface area contributed by atoms with E-state index in [1.165, 1.54) is 0 Å². The molecule has 1 nitrogen and oxygen atoms in total. The Labute approximate surface area is 203 Å². The van der Waals surface area contributed by atoms with E-state index in [1.807, 2.05) is 0 Å². The SMILES string of the molecule is O=P(C(F)(F)C(F)(C(F)(F)F)C(F)(F)F)(C(F)(F)C(F)(C(F)(F)F)C(F)(F)F)C(F)(F)C(F)(C(F)(F)F)C(F)(F)F. The van der Waals surface area contributed by atoms with Crippen LogP contribution < -0.4 is 0 Å². The number of alkyl halides is 27. The fraction of sp³-hybridized carbons (Fsp3) is 1.00. The molecule has 0 heterocycles. The predicted molar refractivity (Wildman–Crippen MR) is 70.3 cm³/mol. The largest absolute Gasteiger partial charge is 0.438 e. The van der Waals surface area contributed by atoms with Crippen LogP contribution >= 0.6 is 7.14 Å². The molecule has 0 unspecified atom stereocenters. The van der Waals surface area contributed by atoms with E-state index in [0.717, 1.165) is 0 Å². The first kappa shape index (κ1) is 39.3. The van der Waals surface area contributed by atoms with Crippen LogP contribution in [0.5, 0.6) is 0 Å². The first-order valence-electron chi connectivity index (χ1n) is 8.21. The Morgan fingerprint density at radius 1 is 0.244 bits per heavy atom. The molecule has 0 amide bonds. The fourth-order valence-electron chi connectivity index (χ4n) is 2.69. The molecule has 248 valence electrons. The van der Waals surface area contributed by atoms with Gasteiger partial charge in [0.2, 0.25) is 0 Å². The highest BCUT2D eigenvalue weighted by Gasteiger charge is 3.05. The van der Waals surface area contributed by atoms with E-state index in [0.29, 0.717) is 0 Å². The van der Waals surface area contributed by atoms with E-state index >= 15 is 0 Å². The lowest BCUT2D eigenvalue weighted by atomic mass is 10.0. The van der Waals surface area contributed by atoms with Gasteiger partial charge in [-0.1, -0.05) is 0 Å². The molecule has 0 atom stereocenters. The maximum atomic E-state index is 14.3. The predicted octanol–water partition coefficient (Wildman–Crippen LogP) is 9.63. The lowest BCUT2D eigenvalue weighted by Gasteiger charge is -2.50. The van der Waals surface area contributed by atoms with Gasteiger partial charge in [0.15, 0.2) is 0 Å². The first-order valence-corrected chi connectivity index (χ1v) is 9.91. The monoisotopic (exact) mass is 704 g/mol. The molecule has 0 radical (unpaired) electrons. The van der Waals surface area contributed by atoms with Gasteiger partial charge in [0.05, 0.1) is 0 Å². The van der Waals surface area contributed by atoms with Crippen molar-refractivity contribution in [2.45, 2.75) is 71.1 Å². The Hall–Kier alpha value is -1.66. The Kier molecular flexibility index (Phi) is 8.80. The van der Waals surface area contributed by atoms with Crippen LogP contribution in [0.25, 0.3) is 0 Å². The highest BCUT2D eigenvalue weighted by molar-refractivity contribution is 7.67. The summed E-state index contributed by atoms with van der Waals surface area (Å²) >= 11 is 0. The summed E-state index contributed by atoms with van der Waals surface area (Å²) in [5.74, 6) is 0. The zero-order valence-electron chi connectivity index (χ0n) is 17.1. The molecular formula is C12F27OP. The molecule has 0 saturated heterocycles. The van der Waals surface area contributed by atoms with E-state index in [2.05, 4.69) is 0 Å². The minimum Gasteiger partial charge on any atom is -0.304 e. The summed E-state index contributed by atoms with van der Waals surface area (Å²) in [4.78, 5) is 0. The highest BCUT2D eigenvalue weighted by atomic mass is 31.2. The van der Waals surface area contributed by atoms with Gasteiger partial charge in [0, 0.05) is 0 Å². The second-order valence-corrected chi connectivity index (χ2v) is 10.1. The van der Waals surface area contributed by atoms with Crippen molar-refractivity contribution in [3.05, 3.63) is 0 Å². The van der Waals surface area contributed by atoms with E-state index in [9.17, 15) is 123 Å². The van der Waals surface area contributed by atoms with Gasteiger partial charge in [-0.25, -0.2) is 13.2 Å². The van der Waals surface area contributed by atoms with Crippen molar-refractivity contribution in [2.75, 3.05) is 0 Å². The summed E-state index contributed by atoms with van der Waals surface area (Å²) in [6, 6.07) is 0. The van der Waals surface area contributed by atoms with Crippen LogP contribution in [0.1, 0.15) is 0 Å². The normalized spacial score (nSPS) is 17.2. The molecule has 0 saturated carbocycles. The van der Waals surface area contributed by atoms with Crippen LogP contribution in [-0.4, -0.2) is 71.1 Å². The third-order valence-corrected chi connectivity index (χ3v) is 8.07. The molecular weight excluding hydrogens is 704 g/mol. The maximum Gasteiger partial charge on any atom is 0.438 e. The summed E-state index contributed by atoms with van der Waals surface area (Å²) in [7, 11) is -12.7. The van der Waals surface area contributed by atoms with Crippen LogP contribution in [0.3, 0.4) is 0 Å². The Morgan fingerprint density at radius 3 is 0.415 bits per heavy atom. The number of hydrogen-bond donors (Lipinski definition) is 0. The molecule has 0 rings (SSSR count). The summed E-state index contributed by atoms with van der Waals surface area (Å²) in [6.45, 7) is 0. The van der Waals surface area contributed by atoms with Crippen LogP contribution in [-0.2, 0) is 4.57 Å². The van der Waals surface area contributed by atoms with Gasteiger partial charge in [0.25, 0.3) is 7.14 Å². The molecule has 0 aromatic heterocycles.